The highest BCUT2D eigenvalue weighted by Gasteiger charge is 2.17. The lowest BCUT2D eigenvalue weighted by Gasteiger charge is -2.23. The zero-order valence-electron chi connectivity index (χ0n) is 11.6. The highest BCUT2D eigenvalue weighted by molar-refractivity contribution is 5.95. The first-order valence-corrected chi connectivity index (χ1v) is 6.38. The molecule has 106 valence electrons. The molecule has 1 aromatic carbocycles. The van der Waals surface area contributed by atoms with Gasteiger partial charge in [-0.05, 0) is 43.7 Å². The van der Waals surface area contributed by atoms with E-state index in [2.05, 4.69) is 0 Å². The molecule has 0 bridgehead atoms. The monoisotopic (exact) mass is 266 g/mol. The minimum atomic E-state index is -0.0528. The second-order valence-electron chi connectivity index (χ2n) is 4.43. The van der Waals surface area contributed by atoms with Crippen molar-refractivity contribution < 1.29 is 14.6 Å². The number of rotatable bonds is 7. The molecule has 3 N–H and O–H groups in total. The molecule has 0 fully saturated rings. The Morgan fingerprint density at radius 3 is 2.74 bits per heavy atom. The number of phenols is 1. The molecular weight excluding hydrogens is 244 g/mol. The van der Waals surface area contributed by atoms with Crippen molar-refractivity contribution in [2.75, 3.05) is 33.4 Å². The number of carbonyl (C=O) groups excluding carboxylic acids is 1. The van der Waals surface area contributed by atoms with E-state index in [-0.39, 0.29) is 11.7 Å². The predicted molar refractivity (Wildman–Crippen MR) is 74.3 cm³/mol. The van der Waals surface area contributed by atoms with Gasteiger partial charge in [0.15, 0.2) is 0 Å². The SMILES string of the molecule is COCCN(CCCN)C(=O)c1ccc(O)cc1C. The van der Waals surface area contributed by atoms with Crippen LogP contribution in [0.15, 0.2) is 18.2 Å². The largest absolute Gasteiger partial charge is 0.508 e. The maximum Gasteiger partial charge on any atom is 0.254 e. The zero-order valence-corrected chi connectivity index (χ0v) is 11.6. The van der Waals surface area contributed by atoms with E-state index in [1.807, 2.05) is 6.92 Å². The van der Waals surface area contributed by atoms with Crippen molar-refractivity contribution in [1.29, 1.82) is 0 Å². The lowest BCUT2D eigenvalue weighted by Crippen LogP contribution is -2.36. The Hall–Kier alpha value is -1.59. The second kappa shape index (κ2) is 7.76. The highest BCUT2D eigenvalue weighted by atomic mass is 16.5. The zero-order chi connectivity index (χ0) is 14.3. The molecule has 0 radical (unpaired) electrons. The van der Waals surface area contributed by atoms with Crippen LogP contribution in [0.1, 0.15) is 22.3 Å². The van der Waals surface area contributed by atoms with Gasteiger partial charge in [0.1, 0.15) is 5.75 Å². The average molecular weight is 266 g/mol. The van der Waals surface area contributed by atoms with Crippen molar-refractivity contribution >= 4 is 5.91 Å². The van der Waals surface area contributed by atoms with Gasteiger partial charge in [-0.25, -0.2) is 0 Å². The molecule has 0 aromatic heterocycles. The van der Waals surface area contributed by atoms with Crippen LogP contribution in [0.5, 0.6) is 5.75 Å². The van der Waals surface area contributed by atoms with E-state index < -0.39 is 0 Å². The summed E-state index contributed by atoms with van der Waals surface area (Å²) in [5.41, 5.74) is 6.86. The summed E-state index contributed by atoms with van der Waals surface area (Å²) in [6.45, 7) is 4.00. The van der Waals surface area contributed by atoms with Gasteiger partial charge in [-0.1, -0.05) is 0 Å². The number of benzene rings is 1. The van der Waals surface area contributed by atoms with Gasteiger partial charge in [0.25, 0.3) is 5.91 Å². The Labute approximate surface area is 114 Å². The second-order valence-corrected chi connectivity index (χ2v) is 4.43. The molecule has 5 nitrogen and oxygen atoms in total. The number of methoxy groups -OCH3 is 1. The van der Waals surface area contributed by atoms with Crippen LogP contribution in [0.4, 0.5) is 0 Å². The van der Waals surface area contributed by atoms with E-state index >= 15 is 0 Å². The molecule has 0 heterocycles. The summed E-state index contributed by atoms with van der Waals surface area (Å²) in [5.74, 6) is 0.113. The fourth-order valence-electron chi connectivity index (χ4n) is 1.86. The number of ether oxygens (including phenoxy) is 1. The van der Waals surface area contributed by atoms with Crippen LogP contribution in [-0.4, -0.2) is 49.3 Å². The molecular formula is C14H22N2O3. The molecule has 0 aliphatic heterocycles. The van der Waals surface area contributed by atoms with Gasteiger partial charge in [-0.2, -0.15) is 0 Å². The van der Waals surface area contributed by atoms with Crippen molar-refractivity contribution in [3.05, 3.63) is 29.3 Å². The van der Waals surface area contributed by atoms with Crippen LogP contribution < -0.4 is 5.73 Å². The third kappa shape index (κ3) is 4.54. The molecule has 0 spiro atoms. The molecule has 1 aromatic rings. The van der Waals surface area contributed by atoms with Crippen molar-refractivity contribution in [2.24, 2.45) is 5.73 Å². The molecule has 1 amide bonds. The Morgan fingerprint density at radius 2 is 2.16 bits per heavy atom. The Morgan fingerprint density at radius 1 is 1.42 bits per heavy atom. The van der Waals surface area contributed by atoms with E-state index in [9.17, 15) is 9.90 Å². The molecule has 1 rings (SSSR count). The molecule has 5 heteroatoms. The van der Waals surface area contributed by atoms with Gasteiger partial charge in [0.2, 0.25) is 0 Å². The van der Waals surface area contributed by atoms with E-state index in [1.165, 1.54) is 6.07 Å². The van der Waals surface area contributed by atoms with Crippen LogP contribution >= 0.6 is 0 Å². The fourth-order valence-corrected chi connectivity index (χ4v) is 1.86. The Bertz CT molecular complexity index is 413. The van der Waals surface area contributed by atoms with Crippen LogP contribution in [0, 0.1) is 6.92 Å². The van der Waals surface area contributed by atoms with Crippen LogP contribution in [0.3, 0.4) is 0 Å². The van der Waals surface area contributed by atoms with Crippen molar-refractivity contribution in [1.82, 2.24) is 4.90 Å². The minimum absolute atomic E-state index is 0.0528. The molecule has 19 heavy (non-hydrogen) atoms. The lowest BCUT2D eigenvalue weighted by molar-refractivity contribution is 0.0694. The van der Waals surface area contributed by atoms with Crippen LogP contribution in [0.25, 0.3) is 0 Å². The first-order chi connectivity index (χ1) is 9.10. The summed E-state index contributed by atoms with van der Waals surface area (Å²) in [6, 6.07) is 4.76. The standard InChI is InChI=1S/C14H22N2O3/c1-11-10-12(17)4-5-13(11)14(18)16(7-3-6-15)8-9-19-2/h4-5,10,17H,3,6-9,15H2,1-2H3. The normalized spacial score (nSPS) is 10.5. The predicted octanol–water partition coefficient (Wildman–Crippen LogP) is 1.14. The Balaban J connectivity index is 2.84. The van der Waals surface area contributed by atoms with E-state index in [4.69, 9.17) is 10.5 Å². The number of nitrogens with zero attached hydrogens (tertiary/aromatic N) is 1. The topological polar surface area (TPSA) is 75.8 Å². The number of phenolic OH excluding ortho intramolecular Hbond substituents is 1. The number of carbonyl (C=O) groups is 1. The van der Waals surface area contributed by atoms with Crippen molar-refractivity contribution in [3.63, 3.8) is 0 Å². The molecule has 0 unspecified atom stereocenters. The van der Waals surface area contributed by atoms with Crippen LogP contribution in [0.2, 0.25) is 0 Å². The smallest absolute Gasteiger partial charge is 0.254 e. The van der Waals surface area contributed by atoms with E-state index in [0.29, 0.717) is 31.8 Å². The number of aryl methyl sites for hydroxylation is 1. The molecule has 0 atom stereocenters. The highest BCUT2D eigenvalue weighted by Crippen LogP contribution is 2.17. The lowest BCUT2D eigenvalue weighted by atomic mass is 10.1. The first kappa shape index (κ1) is 15.5. The maximum atomic E-state index is 12.4. The summed E-state index contributed by atoms with van der Waals surface area (Å²) >= 11 is 0. The summed E-state index contributed by atoms with van der Waals surface area (Å²) in [6.07, 6.45) is 0.757. The van der Waals surface area contributed by atoms with Gasteiger partial charge in [-0.15, -0.1) is 0 Å². The minimum Gasteiger partial charge on any atom is -0.508 e. The Kier molecular flexibility index (Phi) is 6.32. The van der Waals surface area contributed by atoms with Gasteiger partial charge in [-0.3, -0.25) is 4.79 Å². The van der Waals surface area contributed by atoms with E-state index in [1.54, 1.807) is 24.1 Å². The fraction of sp³-hybridized carbons (Fsp3) is 0.500. The summed E-state index contributed by atoms with van der Waals surface area (Å²) in [7, 11) is 1.61. The van der Waals surface area contributed by atoms with Gasteiger partial charge in [0, 0.05) is 25.8 Å². The summed E-state index contributed by atoms with van der Waals surface area (Å²) < 4.78 is 5.02. The average Bonchev–Trinajstić information content (AvgIpc) is 2.38. The van der Waals surface area contributed by atoms with E-state index in [0.717, 1.165) is 12.0 Å². The molecule has 0 aliphatic rings. The number of nitrogens with two attached hydrogens (primary N) is 1. The third-order valence-electron chi connectivity index (χ3n) is 2.93. The quantitative estimate of drug-likeness (QED) is 0.776. The van der Waals surface area contributed by atoms with Gasteiger partial charge in [0.05, 0.1) is 6.61 Å². The maximum absolute atomic E-state index is 12.4. The van der Waals surface area contributed by atoms with Crippen molar-refractivity contribution in [2.45, 2.75) is 13.3 Å². The van der Waals surface area contributed by atoms with Gasteiger partial charge >= 0.3 is 0 Å². The molecule has 0 saturated carbocycles. The third-order valence-corrected chi connectivity index (χ3v) is 2.93. The summed E-state index contributed by atoms with van der Waals surface area (Å²) in [4.78, 5) is 14.2. The number of amides is 1. The number of hydrogen-bond donors (Lipinski definition) is 2. The molecule has 0 aliphatic carbocycles. The number of hydrogen-bond acceptors (Lipinski definition) is 4. The van der Waals surface area contributed by atoms with Crippen LogP contribution in [-0.2, 0) is 4.74 Å². The number of aromatic hydroxyl groups is 1. The summed E-state index contributed by atoms with van der Waals surface area (Å²) in [5, 5.41) is 9.38. The van der Waals surface area contributed by atoms with Crippen molar-refractivity contribution in [3.8, 4) is 5.75 Å². The first-order valence-electron chi connectivity index (χ1n) is 6.38. The van der Waals surface area contributed by atoms with Gasteiger partial charge < -0.3 is 20.5 Å². The molecule has 0 saturated heterocycles.